The highest BCUT2D eigenvalue weighted by atomic mass is 32.2. The number of likely N-dealkylation sites (tertiary alicyclic amines) is 1. The molecular formula is C20H30N6O5S. The number of anilines is 1. The zero-order valence-corrected chi connectivity index (χ0v) is 19.2. The lowest BCUT2D eigenvalue weighted by atomic mass is 10.2. The first kappa shape index (κ1) is 22.7. The average molecular weight is 467 g/mol. The van der Waals surface area contributed by atoms with E-state index in [9.17, 15) is 23.3 Å². The fourth-order valence-electron chi connectivity index (χ4n) is 4.50. The molecule has 12 heteroatoms. The predicted molar refractivity (Wildman–Crippen MR) is 119 cm³/mol. The van der Waals surface area contributed by atoms with Crippen LogP contribution >= 0.6 is 0 Å². The number of piperazine rings is 2. The van der Waals surface area contributed by atoms with E-state index >= 15 is 0 Å². The Morgan fingerprint density at radius 3 is 2.09 bits per heavy atom. The Hall–Kier alpha value is -2.44. The van der Waals surface area contributed by atoms with Crippen LogP contribution in [0.5, 0.6) is 0 Å². The van der Waals surface area contributed by atoms with E-state index in [1.54, 1.807) is 4.90 Å². The molecule has 0 aromatic heterocycles. The molecule has 0 saturated carbocycles. The molecule has 11 nitrogen and oxygen atoms in total. The maximum absolute atomic E-state index is 13.0. The lowest BCUT2D eigenvalue weighted by Crippen LogP contribution is -2.52. The third kappa shape index (κ3) is 4.52. The minimum Gasteiger partial charge on any atom is -0.362 e. The Morgan fingerprint density at radius 1 is 0.906 bits per heavy atom. The molecule has 3 fully saturated rings. The molecule has 0 N–H and O–H groups in total. The fraction of sp³-hybridized carbons (Fsp3) is 0.650. The molecule has 0 unspecified atom stereocenters. The summed E-state index contributed by atoms with van der Waals surface area (Å²) in [5.41, 5.74) is 0.167. The first-order valence-electron chi connectivity index (χ1n) is 11.0. The van der Waals surface area contributed by atoms with E-state index in [0.29, 0.717) is 58.0 Å². The van der Waals surface area contributed by atoms with E-state index in [4.69, 9.17) is 0 Å². The number of benzene rings is 1. The average Bonchev–Trinajstić information content (AvgIpc) is 3.33. The SMILES string of the molecule is CN1CCN(S(=O)(=O)c2ccc(N3CCN(C(=O)N4CCCC4)CC3)c([N+](=O)[O-])c2)CC1. The number of carbonyl (C=O) groups excluding carboxylic acids is 1. The highest BCUT2D eigenvalue weighted by Crippen LogP contribution is 2.33. The van der Waals surface area contributed by atoms with Gasteiger partial charge in [-0.15, -0.1) is 0 Å². The van der Waals surface area contributed by atoms with Crippen molar-refractivity contribution in [2.45, 2.75) is 17.7 Å². The Labute approximate surface area is 188 Å². The molecule has 0 spiro atoms. The van der Waals surface area contributed by atoms with Crippen LogP contribution in [0.15, 0.2) is 23.1 Å². The molecule has 0 atom stereocenters. The van der Waals surface area contributed by atoms with Gasteiger partial charge in [-0.1, -0.05) is 0 Å². The first-order valence-corrected chi connectivity index (χ1v) is 12.5. The molecular weight excluding hydrogens is 436 g/mol. The predicted octanol–water partition coefficient (Wildman–Crippen LogP) is 0.869. The number of hydrogen-bond donors (Lipinski definition) is 0. The van der Waals surface area contributed by atoms with Crippen molar-refractivity contribution in [1.29, 1.82) is 0 Å². The first-order chi connectivity index (χ1) is 15.3. The highest BCUT2D eigenvalue weighted by molar-refractivity contribution is 7.89. The van der Waals surface area contributed by atoms with Gasteiger partial charge >= 0.3 is 6.03 Å². The van der Waals surface area contributed by atoms with Crippen LogP contribution in [0.1, 0.15) is 12.8 Å². The summed E-state index contributed by atoms with van der Waals surface area (Å²) in [6, 6.07) is 4.19. The van der Waals surface area contributed by atoms with Gasteiger partial charge in [0.25, 0.3) is 5.69 Å². The Balaban J connectivity index is 1.49. The van der Waals surface area contributed by atoms with Gasteiger partial charge in [-0.25, -0.2) is 13.2 Å². The number of hydrogen-bond acceptors (Lipinski definition) is 7. The molecule has 32 heavy (non-hydrogen) atoms. The van der Waals surface area contributed by atoms with Gasteiger partial charge in [-0.3, -0.25) is 10.1 Å². The fourth-order valence-corrected chi connectivity index (χ4v) is 5.94. The molecule has 3 heterocycles. The minimum atomic E-state index is -3.79. The second-order valence-corrected chi connectivity index (χ2v) is 10.5. The van der Waals surface area contributed by atoms with Gasteiger partial charge < -0.3 is 19.6 Å². The summed E-state index contributed by atoms with van der Waals surface area (Å²) in [7, 11) is -1.86. The number of likely N-dealkylation sites (N-methyl/N-ethyl adjacent to an activating group) is 1. The van der Waals surface area contributed by atoms with Crippen LogP contribution < -0.4 is 4.90 Å². The number of nitro groups is 1. The number of amides is 2. The van der Waals surface area contributed by atoms with E-state index < -0.39 is 14.9 Å². The zero-order chi connectivity index (χ0) is 22.9. The third-order valence-corrected chi connectivity index (χ3v) is 8.41. The number of urea groups is 1. The van der Waals surface area contributed by atoms with Gasteiger partial charge in [0.1, 0.15) is 5.69 Å². The topological polar surface area (TPSA) is 111 Å². The zero-order valence-electron chi connectivity index (χ0n) is 18.4. The van der Waals surface area contributed by atoms with Crippen LogP contribution in [-0.4, -0.2) is 111 Å². The Bertz CT molecular complexity index is 965. The van der Waals surface area contributed by atoms with Crippen LogP contribution in [-0.2, 0) is 10.0 Å². The maximum atomic E-state index is 13.0. The minimum absolute atomic E-state index is 0.0327. The van der Waals surface area contributed by atoms with Crippen molar-refractivity contribution in [3.8, 4) is 0 Å². The maximum Gasteiger partial charge on any atom is 0.320 e. The Kier molecular flexibility index (Phi) is 6.54. The van der Waals surface area contributed by atoms with Crippen LogP contribution in [0.4, 0.5) is 16.2 Å². The molecule has 2 amide bonds. The van der Waals surface area contributed by atoms with Gasteiger partial charge in [0, 0.05) is 71.5 Å². The second kappa shape index (κ2) is 9.20. The Morgan fingerprint density at radius 2 is 1.50 bits per heavy atom. The summed E-state index contributed by atoms with van der Waals surface area (Å²) in [4.78, 5) is 31.4. The molecule has 176 valence electrons. The molecule has 0 aliphatic carbocycles. The van der Waals surface area contributed by atoms with Crippen molar-refractivity contribution < 1.29 is 18.1 Å². The number of nitro benzene ring substituents is 1. The lowest BCUT2D eigenvalue weighted by Gasteiger charge is -2.37. The molecule has 3 saturated heterocycles. The second-order valence-electron chi connectivity index (χ2n) is 8.57. The molecule has 4 rings (SSSR count). The molecule has 1 aromatic rings. The van der Waals surface area contributed by atoms with Crippen molar-refractivity contribution in [1.82, 2.24) is 19.0 Å². The largest absolute Gasteiger partial charge is 0.362 e. The molecule has 0 bridgehead atoms. The van der Waals surface area contributed by atoms with Gasteiger partial charge in [0.2, 0.25) is 10.0 Å². The van der Waals surface area contributed by atoms with Crippen LogP contribution in [0.25, 0.3) is 0 Å². The van der Waals surface area contributed by atoms with Crippen molar-refractivity contribution in [2.24, 2.45) is 0 Å². The summed E-state index contributed by atoms with van der Waals surface area (Å²) in [6.45, 7) is 5.43. The molecule has 3 aliphatic heterocycles. The quantitative estimate of drug-likeness (QED) is 0.478. The van der Waals surface area contributed by atoms with Crippen LogP contribution in [0, 0.1) is 10.1 Å². The summed E-state index contributed by atoms with van der Waals surface area (Å²) in [5.74, 6) is 0. The summed E-state index contributed by atoms with van der Waals surface area (Å²) in [6.07, 6.45) is 2.06. The van der Waals surface area contributed by atoms with Gasteiger partial charge in [-0.2, -0.15) is 4.31 Å². The number of sulfonamides is 1. The van der Waals surface area contributed by atoms with Crippen molar-refractivity contribution in [2.75, 3.05) is 77.4 Å². The normalized spacial score (nSPS) is 21.2. The smallest absolute Gasteiger partial charge is 0.320 e. The van der Waals surface area contributed by atoms with Gasteiger partial charge in [0.05, 0.1) is 9.82 Å². The van der Waals surface area contributed by atoms with E-state index in [0.717, 1.165) is 25.9 Å². The number of nitrogens with zero attached hydrogens (tertiary/aromatic N) is 6. The summed E-state index contributed by atoms with van der Waals surface area (Å²) < 4.78 is 27.4. The molecule has 1 aromatic carbocycles. The highest BCUT2D eigenvalue weighted by Gasteiger charge is 2.32. The van der Waals surface area contributed by atoms with Gasteiger partial charge in [-0.05, 0) is 32.0 Å². The standard InChI is InChI=1S/C20H30N6O5S/c1-21-8-14-25(15-9-21)32(30,31)17-4-5-18(19(16-17)26(28)29)22-10-12-24(13-11-22)20(27)23-6-2-3-7-23/h4-5,16H,2-3,6-15H2,1H3. The van der Waals surface area contributed by atoms with Crippen molar-refractivity contribution in [3.63, 3.8) is 0 Å². The van der Waals surface area contributed by atoms with E-state index in [2.05, 4.69) is 0 Å². The van der Waals surface area contributed by atoms with Crippen LogP contribution in [0.3, 0.4) is 0 Å². The number of carbonyl (C=O) groups is 1. The lowest BCUT2D eigenvalue weighted by molar-refractivity contribution is -0.384. The summed E-state index contributed by atoms with van der Waals surface area (Å²) >= 11 is 0. The van der Waals surface area contributed by atoms with E-state index in [1.807, 2.05) is 21.7 Å². The number of rotatable bonds is 4. The monoisotopic (exact) mass is 466 g/mol. The van der Waals surface area contributed by atoms with Crippen molar-refractivity contribution >= 4 is 27.4 Å². The summed E-state index contributed by atoms with van der Waals surface area (Å²) in [5, 5.41) is 11.8. The third-order valence-electron chi connectivity index (χ3n) is 6.51. The van der Waals surface area contributed by atoms with Gasteiger partial charge in [0.15, 0.2) is 0 Å². The van der Waals surface area contributed by atoms with E-state index in [-0.39, 0.29) is 16.6 Å². The van der Waals surface area contributed by atoms with E-state index in [1.165, 1.54) is 22.5 Å². The molecule has 0 radical (unpaired) electrons. The molecule has 3 aliphatic rings. The van der Waals surface area contributed by atoms with Crippen LogP contribution in [0.2, 0.25) is 0 Å². The van der Waals surface area contributed by atoms with Crippen molar-refractivity contribution in [3.05, 3.63) is 28.3 Å².